The van der Waals surface area contributed by atoms with Gasteiger partial charge in [0.15, 0.2) is 0 Å². The normalized spacial score (nSPS) is 10.4. The third-order valence-corrected chi connectivity index (χ3v) is 2.69. The van der Waals surface area contributed by atoms with E-state index in [1.165, 1.54) is 18.0 Å². The van der Waals surface area contributed by atoms with E-state index in [0.717, 1.165) is 0 Å². The summed E-state index contributed by atoms with van der Waals surface area (Å²) in [5.74, 6) is -0.423. The smallest absolute Gasteiger partial charge is 0.339 e. The molecule has 1 heterocycles. The van der Waals surface area contributed by atoms with Crippen molar-refractivity contribution in [2.45, 2.75) is 6.61 Å². The molecule has 0 aliphatic heterocycles. The number of para-hydroxylation sites is 2. The lowest BCUT2D eigenvalue weighted by atomic mass is 10.2. The lowest BCUT2D eigenvalue weighted by Crippen LogP contribution is -2.08. The molecule has 0 amide bonds. The Hall–Kier alpha value is -2.34. The Morgan fingerprint density at radius 3 is 2.74 bits per heavy atom. The molecule has 0 unspecified atom stereocenters. The fraction of sp³-hybridized carbons (Fsp3) is 0.231. The molecule has 1 aromatic heterocycles. The van der Waals surface area contributed by atoms with E-state index in [4.69, 9.17) is 14.6 Å². The van der Waals surface area contributed by atoms with Gasteiger partial charge < -0.3 is 14.6 Å². The molecule has 0 saturated carbocycles. The predicted octanol–water partition coefficient (Wildman–Crippen LogP) is 1.73. The van der Waals surface area contributed by atoms with Crippen molar-refractivity contribution >= 4 is 5.97 Å². The van der Waals surface area contributed by atoms with Crippen molar-refractivity contribution in [2.75, 3.05) is 14.2 Å². The highest BCUT2D eigenvalue weighted by atomic mass is 16.5. The maximum atomic E-state index is 11.2. The maximum absolute atomic E-state index is 11.2. The second-order valence-electron chi connectivity index (χ2n) is 3.83. The van der Waals surface area contributed by atoms with Gasteiger partial charge in [-0.3, -0.25) is 0 Å². The Morgan fingerprint density at radius 1 is 1.37 bits per heavy atom. The van der Waals surface area contributed by atoms with Crippen molar-refractivity contribution in [3.8, 4) is 11.4 Å². The number of benzene rings is 1. The van der Waals surface area contributed by atoms with E-state index in [2.05, 4.69) is 5.10 Å². The topological polar surface area (TPSA) is 73.6 Å². The van der Waals surface area contributed by atoms with Gasteiger partial charge in [-0.1, -0.05) is 12.1 Å². The Bertz CT molecular complexity index is 592. The van der Waals surface area contributed by atoms with Crippen molar-refractivity contribution in [1.29, 1.82) is 0 Å². The number of hydrogen-bond donors (Lipinski definition) is 1. The van der Waals surface area contributed by atoms with Crippen LogP contribution in [-0.2, 0) is 11.3 Å². The van der Waals surface area contributed by atoms with E-state index in [9.17, 15) is 4.79 Å². The van der Waals surface area contributed by atoms with Crippen LogP contribution in [-0.4, -0.2) is 35.1 Å². The van der Waals surface area contributed by atoms with Crippen molar-refractivity contribution in [2.24, 2.45) is 0 Å². The fourth-order valence-electron chi connectivity index (χ4n) is 1.84. The number of carbonyl (C=O) groups is 1. The quantitative estimate of drug-likeness (QED) is 0.888. The first-order valence-electron chi connectivity index (χ1n) is 5.61. The molecule has 0 bridgehead atoms. The summed E-state index contributed by atoms with van der Waals surface area (Å²) in [5.41, 5.74) is 1.26. The minimum atomic E-state index is -1.03. The van der Waals surface area contributed by atoms with Crippen LogP contribution in [0.2, 0.25) is 0 Å². The van der Waals surface area contributed by atoms with E-state index in [1.54, 1.807) is 19.2 Å². The second-order valence-corrected chi connectivity index (χ2v) is 3.83. The SMILES string of the molecule is COCc1c(C(=O)O)cnn1-c1ccccc1OC. The highest BCUT2D eigenvalue weighted by molar-refractivity contribution is 5.88. The van der Waals surface area contributed by atoms with E-state index in [1.807, 2.05) is 12.1 Å². The van der Waals surface area contributed by atoms with Crippen LogP contribution < -0.4 is 4.74 Å². The molecule has 6 nitrogen and oxygen atoms in total. The predicted molar refractivity (Wildman–Crippen MR) is 67.8 cm³/mol. The third-order valence-electron chi connectivity index (χ3n) is 2.69. The van der Waals surface area contributed by atoms with Crippen LogP contribution in [0.4, 0.5) is 0 Å². The molecule has 0 fully saturated rings. The monoisotopic (exact) mass is 262 g/mol. The number of nitrogens with zero attached hydrogens (tertiary/aromatic N) is 2. The highest BCUT2D eigenvalue weighted by Crippen LogP contribution is 2.24. The number of rotatable bonds is 5. The molecule has 0 atom stereocenters. The molecule has 0 saturated heterocycles. The maximum Gasteiger partial charge on any atom is 0.339 e. The van der Waals surface area contributed by atoms with Gasteiger partial charge in [0.05, 0.1) is 25.6 Å². The van der Waals surface area contributed by atoms with Crippen LogP contribution in [0.25, 0.3) is 5.69 Å². The van der Waals surface area contributed by atoms with E-state index in [0.29, 0.717) is 17.1 Å². The van der Waals surface area contributed by atoms with Gasteiger partial charge in [-0.05, 0) is 12.1 Å². The first-order valence-corrected chi connectivity index (χ1v) is 5.61. The molecule has 19 heavy (non-hydrogen) atoms. The zero-order valence-electron chi connectivity index (χ0n) is 10.7. The van der Waals surface area contributed by atoms with Gasteiger partial charge in [0.2, 0.25) is 0 Å². The minimum Gasteiger partial charge on any atom is -0.494 e. The van der Waals surface area contributed by atoms with E-state index < -0.39 is 5.97 Å². The minimum absolute atomic E-state index is 0.118. The van der Waals surface area contributed by atoms with E-state index in [-0.39, 0.29) is 12.2 Å². The summed E-state index contributed by atoms with van der Waals surface area (Å²) in [4.78, 5) is 11.2. The number of aromatic nitrogens is 2. The highest BCUT2D eigenvalue weighted by Gasteiger charge is 2.19. The van der Waals surface area contributed by atoms with Crippen molar-refractivity contribution in [1.82, 2.24) is 9.78 Å². The van der Waals surface area contributed by atoms with Gasteiger partial charge in [-0.25, -0.2) is 9.48 Å². The summed E-state index contributed by atoms with van der Waals surface area (Å²) < 4.78 is 11.8. The summed E-state index contributed by atoms with van der Waals surface area (Å²) in [6, 6.07) is 7.25. The van der Waals surface area contributed by atoms with Gasteiger partial charge in [0.1, 0.15) is 17.0 Å². The average Bonchev–Trinajstić information content (AvgIpc) is 2.83. The molecular formula is C13H14N2O4. The Morgan fingerprint density at radius 2 is 2.11 bits per heavy atom. The number of methoxy groups -OCH3 is 2. The number of carboxylic acid groups (broad SMARTS) is 1. The summed E-state index contributed by atoms with van der Waals surface area (Å²) in [6.45, 7) is 0.152. The standard InChI is InChI=1S/C13H14N2O4/c1-18-8-11-9(13(16)17)7-14-15(11)10-5-3-4-6-12(10)19-2/h3-7H,8H2,1-2H3,(H,16,17). The Labute approximate surface area is 110 Å². The molecule has 1 aromatic carbocycles. The van der Waals surface area contributed by atoms with E-state index >= 15 is 0 Å². The van der Waals surface area contributed by atoms with Crippen LogP contribution in [0, 0.1) is 0 Å². The first kappa shape index (κ1) is 13.1. The summed E-state index contributed by atoms with van der Waals surface area (Å²) in [5, 5.41) is 13.2. The van der Waals surface area contributed by atoms with Crippen LogP contribution in [0.3, 0.4) is 0 Å². The fourth-order valence-corrected chi connectivity index (χ4v) is 1.84. The molecule has 0 spiro atoms. The van der Waals surface area contributed by atoms with Crippen molar-refractivity contribution < 1.29 is 19.4 Å². The molecule has 0 aliphatic rings. The molecule has 100 valence electrons. The number of ether oxygens (including phenoxy) is 2. The lowest BCUT2D eigenvalue weighted by molar-refractivity contribution is 0.0691. The lowest BCUT2D eigenvalue weighted by Gasteiger charge is -2.11. The first-order chi connectivity index (χ1) is 9.19. The largest absolute Gasteiger partial charge is 0.494 e. The van der Waals surface area contributed by atoms with Gasteiger partial charge in [0.25, 0.3) is 0 Å². The van der Waals surface area contributed by atoms with Crippen molar-refractivity contribution in [3.05, 3.63) is 41.7 Å². The molecule has 6 heteroatoms. The summed E-state index contributed by atoms with van der Waals surface area (Å²) >= 11 is 0. The van der Waals surface area contributed by atoms with Gasteiger partial charge in [-0.2, -0.15) is 5.10 Å². The molecular weight excluding hydrogens is 248 g/mol. The zero-order valence-corrected chi connectivity index (χ0v) is 10.7. The molecule has 1 N–H and O–H groups in total. The Kier molecular flexibility index (Phi) is 3.82. The van der Waals surface area contributed by atoms with Crippen LogP contribution in [0.5, 0.6) is 5.75 Å². The second kappa shape index (κ2) is 5.53. The van der Waals surface area contributed by atoms with Crippen molar-refractivity contribution in [3.63, 3.8) is 0 Å². The molecule has 2 aromatic rings. The summed E-state index contributed by atoms with van der Waals surface area (Å²) in [7, 11) is 3.06. The third kappa shape index (κ3) is 2.43. The molecule has 2 rings (SSSR count). The number of hydrogen-bond acceptors (Lipinski definition) is 4. The van der Waals surface area contributed by atoms with Crippen LogP contribution >= 0.6 is 0 Å². The Balaban J connectivity index is 2.58. The van der Waals surface area contributed by atoms with Gasteiger partial charge in [-0.15, -0.1) is 0 Å². The molecule has 0 radical (unpaired) electrons. The average molecular weight is 262 g/mol. The number of carboxylic acids is 1. The van der Waals surface area contributed by atoms with Crippen LogP contribution in [0.15, 0.2) is 30.5 Å². The zero-order chi connectivity index (χ0) is 13.8. The summed E-state index contributed by atoms with van der Waals surface area (Å²) in [6.07, 6.45) is 1.31. The molecule has 0 aliphatic carbocycles. The van der Waals surface area contributed by atoms with Gasteiger partial charge in [0, 0.05) is 7.11 Å². The number of aromatic carboxylic acids is 1. The van der Waals surface area contributed by atoms with Gasteiger partial charge >= 0.3 is 5.97 Å². The van der Waals surface area contributed by atoms with Crippen LogP contribution in [0.1, 0.15) is 16.1 Å².